The standard InChI is InChI=1S/C15H22N4O.ClH/c1-12-4-8-19(9-5-12)15(20)14(17)6-10-18-7-2-3-13(18)11-16;/h2-3,7,12,14H,4-6,8-10,17H2,1H3;1H. The van der Waals surface area contributed by atoms with Crippen LogP contribution in [-0.4, -0.2) is 34.5 Å². The summed E-state index contributed by atoms with van der Waals surface area (Å²) < 4.78 is 1.84. The monoisotopic (exact) mass is 310 g/mol. The largest absolute Gasteiger partial charge is 0.341 e. The molecule has 1 amide bonds. The molecule has 2 N–H and O–H groups in total. The highest BCUT2D eigenvalue weighted by molar-refractivity contribution is 5.85. The molecule has 2 heterocycles. The minimum absolute atomic E-state index is 0. The third kappa shape index (κ3) is 4.48. The van der Waals surface area contributed by atoms with Gasteiger partial charge >= 0.3 is 0 Å². The molecule has 0 spiro atoms. The SMILES string of the molecule is CC1CCN(C(=O)C(N)CCn2cccc2C#N)CC1.Cl. The lowest BCUT2D eigenvalue weighted by Crippen LogP contribution is -2.47. The van der Waals surface area contributed by atoms with Gasteiger partial charge in [0.25, 0.3) is 0 Å². The highest BCUT2D eigenvalue weighted by Gasteiger charge is 2.24. The molecule has 116 valence electrons. The van der Waals surface area contributed by atoms with Crippen LogP contribution < -0.4 is 5.73 Å². The molecule has 0 aliphatic carbocycles. The number of carbonyl (C=O) groups excluding carboxylic acids is 1. The Balaban J connectivity index is 0.00000220. The quantitative estimate of drug-likeness (QED) is 0.920. The topological polar surface area (TPSA) is 75.0 Å². The van der Waals surface area contributed by atoms with Crippen molar-refractivity contribution in [3.8, 4) is 6.07 Å². The summed E-state index contributed by atoms with van der Waals surface area (Å²) in [5.41, 5.74) is 6.61. The molecule has 1 unspecified atom stereocenters. The summed E-state index contributed by atoms with van der Waals surface area (Å²) in [6.45, 7) is 4.46. The summed E-state index contributed by atoms with van der Waals surface area (Å²) in [5.74, 6) is 0.746. The number of aromatic nitrogens is 1. The number of nitriles is 1. The number of piperidine rings is 1. The molecule has 1 aliphatic heterocycles. The van der Waals surface area contributed by atoms with Crippen LogP contribution in [0.2, 0.25) is 0 Å². The number of nitrogens with zero attached hydrogens (tertiary/aromatic N) is 3. The van der Waals surface area contributed by atoms with E-state index in [-0.39, 0.29) is 18.3 Å². The van der Waals surface area contributed by atoms with Crippen molar-refractivity contribution in [2.24, 2.45) is 11.7 Å². The van der Waals surface area contributed by atoms with Crippen molar-refractivity contribution in [1.82, 2.24) is 9.47 Å². The molecule has 2 rings (SSSR count). The van der Waals surface area contributed by atoms with Gasteiger partial charge in [-0.05, 0) is 37.3 Å². The first-order valence-corrected chi connectivity index (χ1v) is 7.21. The lowest BCUT2D eigenvalue weighted by Gasteiger charge is -2.32. The van der Waals surface area contributed by atoms with Crippen LogP contribution in [-0.2, 0) is 11.3 Å². The van der Waals surface area contributed by atoms with Crippen molar-refractivity contribution < 1.29 is 4.79 Å². The number of hydrogen-bond donors (Lipinski definition) is 1. The van der Waals surface area contributed by atoms with Gasteiger partial charge in [0.1, 0.15) is 11.8 Å². The van der Waals surface area contributed by atoms with Crippen molar-refractivity contribution in [2.75, 3.05) is 13.1 Å². The minimum Gasteiger partial charge on any atom is -0.341 e. The number of hydrogen-bond acceptors (Lipinski definition) is 3. The van der Waals surface area contributed by atoms with Crippen LogP contribution in [0.15, 0.2) is 18.3 Å². The van der Waals surface area contributed by atoms with Gasteiger partial charge in [-0.25, -0.2) is 0 Å². The Morgan fingerprint density at radius 3 is 2.81 bits per heavy atom. The Kier molecular flexibility index (Phi) is 6.73. The zero-order valence-corrected chi connectivity index (χ0v) is 13.2. The Hall–Kier alpha value is -1.51. The van der Waals surface area contributed by atoms with Gasteiger partial charge in [0.05, 0.1) is 6.04 Å². The van der Waals surface area contributed by atoms with E-state index in [0.717, 1.165) is 25.9 Å². The maximum atomic E-state index is 12.2. The number of likely N-dealkylation sites (tertiary alicyclic amines) is 1. The van der Waals surface area contributed by atoms with Crippen molar-refractivity contribution >= 4 is 18.3 Å². The zero-order valence-electron chi connectivity index (χ0n) is 12.4. The van der Waals surface area contributed by atoms with Gasteiger partial charge in [0.15, 0.2) is 0 Å². The molecule has 1 atom stereocenters. The molecule has 1 aromatic rings. The molecule has 1 saturated heterocycles. The van der Waals surface area contributed by atoms with E-state index in [9.17, 15) is 4.79 Å². The van der Waals surface area contributed by atoms with Gasteiger partial charge in [-0.1, -0.05) is 6.92 Å². The summed E-state index contributed by atoms with van der Waals surface area (Å²) in [6.07, 6.45) is 4.54. The highest BCUT2D eigenvalue weighted by atomic mass is 35.5. The van der Waals surface area contributed by atoms with Crippen LogP contribution in [0.4, 0.5) is 0 Å². The van der Waals surface area contributed by atoms with Gasteiger partial charge in [-0.15, -0.1) is 12.4 Å². The number of rotatable bonds is 4. The lowest BCUT2D eigenvalue weighted by molar-refractivity contribution is -0.134. The molecular formula is C15H23ClN4O. The maximum Gasteiger partial charge on any atom is 0.239 e. The number of nitrogens with two attached hydrogens (primary N) is 1. The van der Waals surface area contributed by atoms with Crippen molar-refractivity contribution in [3.05, 3.63) is 24.0 Å². The van der Waals surface area contributed by atoms with E-state index in [1.807, 2.05) is 21.7 Å². The van der Waals surface area contributed by atoms with Crippen molar-refractivity contribution in [1.29, 1.82) is 5.26 Å². The maximum absolute atomic E-state index is 12.2. The fourth-order valence-corrected chi connectivity index (χ4v) is 2.58. The van der Waals surface area contributed by atoms with E-state index < -0.39 is 6.04 Å². The van der Waals surface area contributed by atoms with Crippen LogP contribution in [0, 0.1) is 17.2 Å². The van der Waals surface area contributed by atoms with Crippen LogP contribution in [0.3, 0.4) is 0 Å². The Morgan fingerprint density at radius 1 is 1.52 bits per heavy atom. The number of halogens is 1. The second kappa shape index (κ2) is 8.06. The van der Waals surface area contributed by atoms with Crippen LogP contribution in [0.5, 0.6) is 0 Å². The molecule has 0 aromatic carbocycles. The first-order valence-electron chi connectivity index (χ1n) is 7.21. The molecule has 0 saturated carbocycles. The molecule has 0 radical (unpaired) electrons. The Morgan fingerprint density at radius 2 is 2.19 bits per heavy atom. The van der Waals surface area contributed by atoms with E-state index in [0.29, 0.717) is 24.6 Å². The predicted octanol–water partition coefficient (Wildman–Crippen LogP) is 1.76. The zero-order chi connectivity index (χ0) is 14.5. The normalized spacial score (nSPS) is 16.9. The number of aryl methyl sites for hydroxylation is 1. The third-order valence-corrected chi connectivity index (χ3v) is 4.04. The summed E-state index contributed by atoms with van der Waals surface area (Å²) >= 11 is 0. The van der Waals surface area contributed by atoms with E-state index in [1.54, 1.807) is 6.07 Å². The molecule has 1 fully saturated rings. The second-order valence-electron chi connectivity index (χ2n) is 5.60. The average molecular weight is 311 g/mol. The molecular weight excluding hydrogens is 288 g/mol. The fourth-order valence-electron chi connectivity index (χ4n) is 2.58. The first kappa shape index (κ1) is 17.5. The van der Waals surface area contributed by atoms with Gasteiger partial charge in [0.2, 0.25) is 5.91 Å². The lowest BCUT2D eigenvalue weighted by atomic mass is 9.98. The predicted molar refractivity (Wildman–Crippen MR) is 84.0 cm³/mol. The molecule has 0 bridgehead atoms. The van der Waals surface area contributed by atoms with Crippen LogP contribution >= 0.6 is 12.4 Å². The summed E-state index contributed by atoms with van der Waals surface area (Å²) in [4.78, 5) is 14.1. The smallest absolute Gasteiger partial charge is 0.239 e. The Labute approximate surface area is 132 Å². The van der Waals surface area contributed by atoms with E-state index >= 15 is 0 Å². The highest BCUT2D eigenvalue weighted by Crippen LogP contribution is 2.17. The molecule has 6 heteroatoms. The fraction of sp³-hybridized carbons (Fsp3) is 0.600. The van der Waals surface area contributed by atoms with E-state index in [1.165, 1.54) is 0 Å². The average Bonchev–Trinajstić information content (AvgIpc) is 2.92. The van der Waals surface area contributed by atoms with Gasteiger partial charge in [0, 0.05) is 25.8 Å². The van der Waals surface area contributed by atoms with E-state index in [2.05, 4.69) is 13.0 Å². The minimum atomic E-state index is -0.475. The van der Waals surface area contributed by atoms with Crippen molar-refractivity contribution in [3.63, 3.8) is 0 Å². The molecule has 1 aliphatic rings. The summed E-state index contributed by atoms with van der Waals surface area (Å²) in [5, 5.41) is 8.93. The third-order valence-electron chi connectivity index (χ3n) is 4.04. The molecule has 5 nitrogen and oxygen atoms in total. The van der Waals surface area contributed by atoms with Crippen molar-refractivity contribution in [2.45, 2.75) is 38.8 Å². The van der Waals surface area contributed by atoms with Gasteiger partial charge in [-0.2, -0.15) is 5.26 Å². The van der Waals surface area contributed by atoms with Crippen LogP contribution in [0.1, 0.15) is 31.9 Å². The van der Waals surface area contributed by atoms with Gasteiger partial charge in [-0.3, -0.25) is 4.79 Å². The summed E-state index contributed by atoms with van der Waals surface area (Å²) in [6, 6.07) is 5.24. The number of amides is 1. The molecule has 1 aromatic heterocycles. The van der Waals surface area contributed by atoms with Crippen LogP contribution in [0.25, 0.3) is 0 Å². The van der Waals surface area contributed by atoms with E-state index in [4.69, 9.17) is 11.0 Å². The second-order valence-corrected chi connectivity index (χ2v) is 5.60. The molecule has 21 heavy (non-hydrogen) atoms. The summed E-state index contributed by atoms with van der Waals surface area (Å²) in [7, 11) is 0. The van der Waals surface area contributed by atoms with Gasteiger partial charge < -0.3 is 15.2 Å². The number of carbonyl (C=O) groups is 1. The Bertz CT molecular complexity index is 500. The first-order chi connectivity index (χ1) is 9.61.